The Morgan fingerprint density at radius 2 is 1.53 bits per heavy atom. The molecule has 0 aromatic carbocycles. The third-order valence-corrected chi connectivity index (χ3v) is 2.44. The summed E-state index contributed by atoms with van der Waals surface area (Å²) in [6.07, 6.45) is 1.59. The molecule has 0 saturated carbocycles. The maximum atomic E-state index is 11.6. The van der Waals surface area contributed by atoms with Gasteiger partial charge in [0, 0.05) is 32.7 Å². The Labute approximate surface area is 105 Å². The normalized spacial score (nSPS) is 11.1. The lowest BCUT2D eigenvalue weighted by atomic mass is 10.2. The number of hydrogen-bond donors (Lipinski definition) is 0. The van der Waals surface area contributed by atoms with Crippen molar-refractivity contribution in [2.24, 2.45) is 0 Å². The number of carbonyl (C=O) groups is 1. The first-order chi connectivity index (χ1) is 8.24. The van der Waals surface area contributed by atoms with Crippen LogP contribution in [0.3, 0.4) is 0 Å². The van der Waals surface area contributed by atoms with Crippen LogP contribution in [0.15, 0.2) is 0 Å². The number of ketones is 1. The molecule has 0 heterocycles. The van der Waals surface area contributed by atoms with Gasteiger partial charge < -0.3 is 9.47 Å². The van der Waals surface area contributed by atoms with Crippen molar-refractivity contribution in [3.8, 4) is 0 Å². The molecule has 4 heteroatoms. The van der Waals surface area contributed by atoms with Crippen LogP contribution < -0.4 is 0 Å². The molecule has 0 saturated heterocycles. The molecule has 102 valence electrons. The molecule has 0 atom stereocenters. The summed E-state index contributed by atoms with van der Waals surface area (Å²) in [4.78, 5) is 13.7. The van der Waals surface area contributed by atoms with E-state index in [0.29, 0.717) is 32.0 Å². The molecule has 0 N–H and O–H groups in total. The van der Waals surface area contributed by atoms with Gasteiger partial charge in [-0.1, -0.05) is 6.92 Å². The predicted octanol–water partition coefficient (Wildman–Crippen LogP) is 1.73. The summed E-state index contributed by atoms with van der Waals surface area (Å²) in [7, 11) is 0. The van der Waals surface area contributed by atoms with E-state index in [0.717, 1.165) is 32.7 Å². The van der Waals surface area contributed by atoms with Gasteiger partial charge in [0.05, 0.1) is 19.8 Å². The van der Waals surface area contributed by atoms with E-state index in [-0.39, 0.29) is 0 Å². The molecule has 0 amide bonds. The zero-order valence-electron chi connectivity index (χ0n) is 11.5. The lowest BCUT2D eigenvalue weighted by Gasteiger charge is -2.21. The minimum atomic E-state index is 0.306. The first kappa shape index (κ1) is 16.6. The molecule has 4 nitrogen and oxygen atoms in total. The highest BCUT2D eigenvalue weighted by molar-refractivity contribution is 5.80. The Morgan fingerprint density at radius 1 is 1.00 bits per heavy atom. The molecule has 0 bridgehead atoms. The Bertz CT molecular complexity index is 176. The van der Waals surface area contributed by atoms with Crippen molar-refractivity contribution in [2.45, 2.75) is 33.6 Å². The van der Waals surface area contributed by atoms with Crippen LogP contribution in [0.2, 0.25) is 0 Å². The van der Waals surface area contributed by atoms with Crippen LogP contribution in [-0.4, -0.2) is 56.7 Å². The minimum Gasteiger partial charge on any atom is -0.380 e. The third kappa shape index (κ3) is 10.4. The quantitative estimate of drug-likeness (QED) is 0.491. The Kier molecular flexibility index (Phi) is 11.7. The SMILES string of the molecule is CCCC(=O)CN(CCOCC)CCOCC. The molecule has 0 aliphatic carbocycles. The number of ether oxygens (including phenoxy) is 2. The topological polar surface area (TPSA) is 38.8 Å². The summed E-state index contributed by atoms with van der Waals surface area (Å²) in [5, 5.41) is 0. The maximum Gasteiger partial charge on any atom is 0.146 e. The van der Waals surface area contributed by atoms with E-state index >= 15 is 0 Å². The Balaban J connectivity index is 3.86. The fraction of sp³-hybridized carbons (Fsp3) is 0.923. The zero-order valence-corrected chi connectivity index (χ0v) is 11.5. The second-order valence-electron chi connectivity index (χ2n) is 3.96. The van der Waals surface area contributed by atoms with Crippen molar-refractivity contribution in [1.82, 2.24) is 4.90 Å². The number of hydrogen-bond acceptors (Lipinski definition) is 4. The first-order valence-electron chi connectivity index (χ1n) is 6.64. The molecule has 0 unspecified atom stereocenters. The second-order valence-corrected chi connectivity index (χ2v) is 3.96. The summed E-state index contributed by atoms with van der Waals surface area (Å²) in [5.41, 5.74) is 0. The fourth-order valence-corrected chi connectivity index (χ4v) is 1.55. The van der Waals surface area contributed by atoms with Crippen molar-refractivity contribution in [1.29, 1.82) is 0 Å². The summed E-state index contributed by atoms with van der Waals surface area (Å²) in [6, 6.07) is 0. The van der Waals surface area contributed by atoms with Gasteiger partial charge in [-0.2, -0.15) is 0 Å². The molecule has 0 fully saturated rings. The van der Waals surface area contributed by atoms with Crippen LogP contribution in [0.25, 0.3) is 0 Å². The van der Waals surface area contributed by atoms with Gasteiger partial charge in [0.2, 0.25) is 0 Å². The van der Waals surface area contributed by atoms with Crippen molar-refractivity contribution in [3.05, 3.63) is 0 Å². The highest BCUT2D eigenvalue weighted by Gasteiger charge is 2.09. The van der Waals surface area contributed by atoms with Gasteiger partial charge in [0.25, 0.3) is 0 Å². The second kappa shape index (κ2) is 12.0. The average Bonchev–Trinajstić information content (AvgIpc) is 2.29. The number of Topliss-reactive ketones (excluding diaryl/α,β-unsaturated/α-hetero) is 1. The molecule has 0 radical (unpaired) electrons. The standard InChI is InChI=1S/C13H27NO3/c1-4-7-13(15)12-14(8-10-16-5-2)9-11-17-6-3/h4-12H2,1-3H3. The number of nitrogens with zero attached hydrogens (tertiary/aromatic N) is 1. The van der Waals surface area contributed by atoms with E-state index in [2.05, 4.69) is 4.90 Å². The van der Waals surface area contributed by atoms with Gasteiger partial charge in [-0.15, -0.1) is 0 Å². The molecule has 0 aliphatic rings. The minimum absolute atomic E-state index is 0.306. The van der Waals surface area contributed by atoms with E-state index in [1.807, 2.05) is 20.8 Å². The van der Waals surface area contributed by atoms with Gasteiger partial charge >= 0.3 is 0 Å². The molecule has 0 aromatic heterocycles. The molecule has 17 heavy (non-hydrogen) atoms. The molecule has 0 spiro atoms. The summed E-state index contributed by atoms with van der Waals surface area (Å²) in [5.74, 6) is 0.306. The summed E-state index contributed by atoms with van der Waals surface area (Å²) < 4.78 is 10.6. The van der Waals surface area contributed by atoms with Crippen LogP contribution in [0.4, 0.5) is 0 Å². The van der Waals surface area contributed by atoms with Gasteiger partial charge in [0.15, 0.2) is 0 Å². The van der Waals surface area contributed by atoms with Crippen molar-refractivity contribution >= 4 is 5.78 Å². The summed E-state index contributed by atoms with van der Waals surface area (Å²) in [6.45, 7) is 10.9. The van der Waals surface area contributed by atoms with E-state index in [1.54, 1.807) is 0 Å². The van der Waals surface area contributed by atoms with Crippen LogP contribution in [0.5, 0.6) is 0 Å². The lowest BCUT2D eigenvalue weighted by molar-refractivity contribution is -0.120. The van der Waals surface area contributed by atoms with Gasteiger partial charge in [-0.25, -0.2) is 0 Å². The zero-order chi connectivity index (χ0) is 12.9. The first-order valence-corrected chi connectivity index (χ1v) is 6.64. The molecule has 0 aliphatic heterocycles. The van der Waals surface area contributed by atoms with Crippen LogP contribution in [-0.2, 0) is 14.3 Å². The lowest BCUT2D eigenvalue weighted by Crippen LogP contribution is -2.35. The number of rotatable bonds is 12. The van der Waals surface area contributed by atoms with Gasteiger partial charge in [0.1, 0.15) is 5.78 Å². The van der Waals surface area contributed by atoms with Gasteiger partial charge in [-0.05, 0) is 20.3 Å². The van der Waals surface area contributed by atoms with Crippen molar-refractivity contribution in [2.75, 3.05) is 46.1 Å². The number of carbonyl (C=O) groups excluding carboxylic acids is 1. The third-order valence-electron chi connectivity index (χ3n) is 2.44. The Hall–Kier alpha value is -0.450. The maximum absolute atomic E-state index is 11.6. The van der Waals surface area contributed by atoms with Crippen LogP contribution >= 0.6 is 0 Å². The highest BCUT2D eigenvalue weighted by atomic mass is 16.5. The highest BCUT2D eigenvalue weighted by Crippen LogP contribution is 1.96. The molecular formula is C13H27NO3. The van der Waals surface area contributed by atoms with E-state index in [4.69, 9.17) is 9.47 Å². The molecule has 0 rings (SSSR count). The van der Waals surface area contributed by atoms with E-state index in [9.17, 15) is 4.79 Å². The van der Waals surface area contributed by atoms with Crippen molar-refractivity contribution < 1.29 is 14.3 Å². The van der Waals surface area contributed by atoms with E-state index < -0.39 is 0 Å². The molecule has 0 aromatic rings. The van der Waals surface area contributed by atoms with Gasteiger partial charge in [-0.3, -0.25) is 9.69 Å². The smallest absolute Gasteiger partial charge is 0.146 e. The van der Waals surface area contributed by atoms with Crippen LogP contribution in [0.1, 0.15) is 33.6 Å². The molecular weight excluding hydrogens is 218 g/mol. The predicted molar refractivity (Wildman–Crippen MR) is 69.3 cm³/mol. The van der Waals surface area contributed by atoms with E-state index in [1.165, 1.54) is 0 Å². The summed E-state index contributed by atoms with van der Waals surface area (Å²) >= 11 is 0. The fourth-order valence-electron chi connectivity index (χ4n) is 1.55. The van der Waals surface area contributed by atoms with Crippen LogP contribution in [0, 0.1) is 0 Å². The van der Waals surface area contributed by atoms with Crippen molar-refractivity contribution in [3.63, 3.8) is 0 Å². The average molecular weight is 245 g/mol. The monoisotopic (exact) mass is 245 g/mol. The Morgan fingerprint density at radius 3 is 1.94 bits per heavy atom. The largest absolute Gasteiger partial charge is 0.380 e.